The first-order valence-corrected chi connectivity index (χ1v) is 11.7. The van der Waals surface area contributed by atoms with Gasteiger partial charge in [0.25, 0.3) is 5.91 Å². The van der Waals surface area contributed by atoms with Crippen molar-refractivity contribution in [1.29, 1.82) is 0 Å². The minimum absolute atomic E-state index is 0.00965. The number of halogens is 4. The summed E-state index contributed by atoms with van der Waals surface area (Å²) in [4.78, 5) is 20.9. The van der Waals surface area contributed by atoms with Crippen LogP contribution in [0, 0.1) is 0 Å². The number of hydrogen-bond acceptors (Lipinski definition) is 4. The second-order valence-electron chi connectivity index (χ2n) is 8.12. The van der Waals surface area contributed by atoms with E-state index in [-0.39, 0.29) is 10.8 Å². The van der Waals surface area contributed by atoms with Gasteiger partial charge in [-0.15, -0.1) is 13.2 Å². The first kappa shape index (κ1) is 25.7. The Morgan fingerprint density at radius 1 is 1.28 bits per heavy atom. The van der Waals surface area contributed by atoms with E-state index in [4.69, 9.17) is 28.8 Å². The molecule has 1 aliphatic heterocycles. The number of likely N-dealkylation sites (N-methyl/N-ethyl adjacent to an activating group) is 1. The Morgan fingerprint density at radius 2 is 2.03 bits per heavy atom. The molecule has 36 heavy (non-hydrogen) atoms. The molecular weight excluding hydrogens is 513 g/mol. The molecule has 1 aliphatic carbocycles. The van der Waals surface area contributed by atoms with Crippen molar-refractivity contribution >= 4 is 51.9 Å². The smallest absolute Gasteiger partial charge is 0.404 e. The number of amides is 1. The summed E-state index contributed by atoms with van der Waals surface area (Å²) in [7, 11) is 3.10. The summed E-state index contributed by atoms with van der Waals surface area (Å²) in [5.74, 6) is -0.817. The van der Waals surface area contributed by atoms with Crippen LogP contribution in [0.3, 0.4) is 0 Å². The number of thiocarbonyl (C=S) groups is 1. The summed E-state index contributed by atoms with van der Waals surface area (Å²) in [6.45, 7) is 0. The fourth-order valence-electron chi connectivity index (χ4n) is 3.96. The predicted octanol–water partition coefficient (Wildman–Crippen LogP) is 5.62. The number of benzodiazepines with no additional fused rings is 1. The molecule has 0 bridgehead atoms. The highest BCUT2D eigenvalue weighted by atomic mass is 35.5. The molecule has 11 heteroatoms. The fourth-order valence-corrected chi connectivity index (χ4v) is 4.35. The van der Waals surface area contributed by atoms with Gasteiger partial charge in [0.2, 0.25) is 6.17 Å². The number of hydrogen-bond donors (Lipinski definition) is 1. The van der Waals surface area contributed by atoms with E-state index in [9.17, 15) is 18.0 Å². The van der Waals surface area contributed by atoms with Crippen LogP contribution in [-0.2, 0) is 4.79 Å². The van der Waals surface area contributed by atoms with Crippen molar-refractivity contribution in [2.75, 3.05) is 23.9 Å². The van der Waals surface area contributed by atoms with Gasteiger partial charge in [0.1, 0.15) is 0 Å². The highest BCUT2D eigenvalue weighted by Gasteiger charge is 2.34. The number of allylic oxidation sites excluding steroid dienone is 4. The summed E-state index contributed by atoms with van der Waals surface area (Å²) in [6, 6.07) is 10.8. The molecule has 1 unspecified atom stereocenters. The van der Waals surface area contributed by atoms with Gasteiger partial charge in [-0.2, -0.15) is 0 Å². The summed E-state index contributed by atoms with van der Waals surface area (Å²) in [5, 5.41) is 3.40. The van der Waals surface area contributed by atoms with E-state index in [0.29, 0.717) is 22.0 Å². The molecular formula is C25H22ClF3N4O2S. The monoisotopic (exact) mass is 534 g/mol. The number of anilines is 2. The van der Waals surface area contributed by atoms with Crippen LogP contribution >= 0.6 is 23.8 Å². The Hall–Kier alpha value is -3.37. The van der Waals surface area contributed by atoms with Gasteiger partial charge in [0.15, 0.2) is 10.9 Å². The molecule has 2 aromatic rings. The van der Waals surface area contributed by atoms with Crippen LogP contribution in [0.2, 0.25) is 5.02 Å². The zero-order valence-electron chi connectivity index (χ0n) is 19.3. The number of ether oxygens (including phenoxy) is 1. The van der Waals surface area contributed by atoms with Crippen molar-refractivity contribution < 1.29 is 22.7 Å². The fraction of sp³-hybridized carbons (Fsp3) is 0.240. The molecule has 2 aliphatic rings. The van der Waals surface area contributed by atoms with Crippen LogP contribution in [0.25, 0.3) is 0 Å². The number of aliphatic imine (C=N–C) groups is 1. The van der Waals surface area contributed by atoms with Gasteiger partial charge < -0.3 is 19.9 Å². The molecule has 1 heterocycles. The molecule has 1 N–H and O–H groups in total. The molecule has 0 aromatic heterocycles. The zero-order chi connectivity index (χ0) is 26.0. The lowest BCUT2D eigenvalue weighted by Gasteiger charge is -2.27. The number of rotatable bonds is 4. The third-order valence-electron chi connectivity index (χ3n) is 5.73. The quantitative estimate of drug-likeness (QED) is 0.516. The lowest BCUT2D eigenvalue weighted by atomic mass is 9.94. The molecule has 2 aromatic carbocycles. The predicted molar refractivity (Wildman–Crippen MR) is 139 cm³/mol. The Labute approximate surface area is 216 Å². The molecule has 1 amide bonds. The number of fused-ring (bicyclic) bond motifs is 1. The molecule has 6 nitrogen and oxygen atoms in total. The van der Waals surface area contributed by atoms with Crippen molar-refractivity contribution in [1.82, 2.24) is 5.32 Å². The van der Waals surface area contributed by atoms with E-state index in [2.05, 4.69) is 10.1 Å². The van der Waals surface area contributed by atoms with E-state index >= 15 is 0 Å². The number of nitrogens with one attached hydrogen (secondary N) is 1. The van der Waals surface area contributed by atoms with Gasteiger partial charge in [0, 0.05) is 24.7 Å². The number of carbonyl (C=O) groups is 1. The van der Waals surface area contributed by atoms with Crippen LogP contribution in [0.1, 0.15) is 18.4 Å². The standard InChI is InChI=1S/C25H22ClF3N4O2S/c1-32-18-13-12-16(26)14-17(18)21(15-8-4-3-5-9-15)30-22(23(32)34)31-24(36)33(2)19-10-6-7-11-20(19)35-25(27,28)29/h3-4,6-8,10-14,22H,5,9H2,1-2H3,(H,31,36). The average Bonchev–Trinajstić information content (AvgIpc) is 2.94. The Morgan fingerprint density at radius 3 is 2.72 bits per heavy atom. The number of alkyl halides is 3. The number of carbonyl (C=O) groups excluding carboxylic acids is 1. The summed E-state index contributed by atoms with van der Waals surface area (Å²) in [5.41, 5.74) is 2.93. The Balaban J connectivity index is 1.69. The summed E-state index contributed by atoms with van der Waals surface area (Å²) >= 11 is 11.8. The van der Waals surface area contributed by atoms with Crippen molar-refractivity contribution in [2.24, 2.45) is 4.99 Å². The van der Waals surface area contributed by atoms with Gasteiger partial charge in [-0.05, 0) is 61.0 Å². The summed E-state index contributed by atoms with van der Waals surface area (Å²) < 4.78 is 42.8. The number of nitrogens with zero attached hydrogens (tertiary/aromatic N) is 3. The summed E-state index contributed by atoms with van der Waals surface area (Å²) in [6.07, 6.45) is 1.44. The Kier molecular flexibility index (Phi) is 7.37. The van der Waals surface area contributed by atoms with Gasteiger partial charge >= 0.3 is 6.36 Å². The van der Waals surface area contributed by atoms with Gasteiger partial charge in [-0.25, -0.2) is 4.99 Å². The minimum atomic E-state index is -4.87. The van der Waals surface area contributed by atoms with Gasteiger partial charge in [-0.1, -0.05) is 42.0 Å². The van der Waals surface area contributed by atoms with Crippen molar-refractivity contribution in [3.05, 3.63) is 76.9 Å². The molecule has 188 valence electrons. The maximum atomic E-state index is 13.4. The molecule has 1 atom stereocenters. The van der Waals surface area contributed by atoms with Crippen LogP contribution in [0.15, 0.2) is 71.3 Å². The minimum Gasteiger partial charge on any atom is -0.404 e. The van der Waals surface area contributed by atoms with Crippen LogP contribution < -0.4 is 19.9 Å². The van der Waals surface area contributed by atoms with E-state index in [1.807, 2.05) is 18.2 Å². The average molecular weight is 535 g/mol. The van der Waals surface area contributed by atoms with Gasteiger partial charge in [0.05, 0.1) is 17.1 Å². The molecule has 4 rings (SSSR count). The second-order valence-corrected chi connectivity index (χ2v) is 8.94. The third-order valence-corrected chi connectivity index (χ3v) is 6.36. The maximum absolute atomic E-state index is 13.4. The molecule has 0 spiro atoms. The largest absolute Gasteiger partial charge is 0.573 e. The van der Waals surface area contributed by atoms with Crippen molar-refractivity contribution in [3.63, 3.8) is 0 Å². The van der Waals surface area contributed by atoms with Gasteiger partial charge in [-0.3, -0.25) is 4.79 Å². The number of para-hydroxylation sites is 2. The van der Waals surface area contributed by atoms with Crippen molar-refractivity contribution in [3.8, 4) is 5.75 Å². The first-order chi connectivity index (χ1) is 17.0. The first-order valence-electron chi connectivity index (χ1n) is 11.0. The second kappa shape index (κ2) is 10.3. The zero-order valence-corrected chi connectivity index (χ0v) is 20.9. The van der Waals surface area contributed by atoms with E-state index < -0.39 is 24.2 Å². The Bertz CT molecular complexity index is 1290. The highest BCUT2D eigenvalue weighted by molar-refractivity contribution is 7.80. The highest BCUT2D eigenvalue weighted by Crippen LogP contribution is 2.33. The van der Waals surface area contributed by atoms with Crippen LogP contribution in [0.4, 0.5) is 24.5 Å². The third kappa shape index (κ3) is 5.55. The molecule has 0 saturated carbocycles. The number of benzene rings is 2. The van der Waals surface area contributed by atoms with Crippen LogP contribution in [-0.4, -0.2) is 43.4 Å². The lowest BCUT2D eigenvalue weighted by Crippen LogP contribution is -2.50. The van der Waals surface area contributed by atoms with E-state index in [0.717, 1.165) is 18.4 Å². The topological polar surface area (TPSA) is 57.2 Å². The van der Waals surface area contributed by atoms with E-state index in [1.54, 1.807) is 31.3 Å². The molecule has 0 saturated heterocycles. The molecule has 0 radical (unpaired) electrons. The SMILES string of the molecule is CN(C(=S)NC1N=C(C2=CC=CCC2)c2cc(Cl)ccc2N(C)C1=O)c1ccccc1OC(F)(F)F. The van der Waals surface area contributed by atoms with Crippen molar-refractivity contribution in [2.45, 2.75) is 25.4 Å². The molecule has 0 fully saturated rings. The normalized spacial score (nSPS) is 17.6. The maximum Gasteiger partial charge on any atom is 0.573 e. The lowest BCUT2D eigenvalue weighted by molar-refractivity contribution is -0.274. The van der Waals surface area contributed by atoms with Crippen LogP contribution in [0.5, 0.6) is 5.75 Å². The van der Waals surface area contributed by atoms with E-state index in [1.165, 1.54) is 35.0 Å².